The van der Waals surface area contributed by atoms with Gasteiger partial charge in [0, 0.05) is 38.5 Å². The first-order chi connectivity index (χ1) is 10.7. The second kappa shape index (κ2) is 6.48. The van der Waals surface area contributed by atoms with Crippen LogP contribution in [-0.2, 0) is 14.3 Å². The van der Waals surface area contributed by atoms with Crippen molar-refractivity contribution in [2.24, 2.45) is 5.92 Å². The first-order valence-corrected chi connectivity index (χ1v) is 7.89. The Kier molecular flexibility index (Phi) is 4.43. The van der Waals surface area contributed by atoms with Crippen LogP contribution in [0.5, 0.6) is 0 Å². The predicted octanol–water partition coefficient (Wildman–Crippen LogP) is 1.68. The van der Waals surface area contributed by atoms with Gasteiger partial charge in [-0.05, 0) is 31.4 Å². The summed E-state index contributed by atoms with van der Waals surface area (Å²) in [5.74, 6) is -0.654. The fraction of sp³-hybridized carbons (Fsp3) is 0.529. The molecule has 0 radical (unpaired) electrons. The van der Waals surface area contributed by atoms with Gasteiger partial charge in [-0.15, -0.1) is 0 Å². The van der Waals surface area contributed by atoms with Gasteiger partial charge in [-0.3, -0.25) is 9.59 Å². The molecule has 2 fully saturated rings. The number of ether oxygens (including phenoxy) is 1. The zero-order valence-electron chi connectivity index (χ0n) is 12.9. The first kappa shape index (κ1) is 15.0. The smallest absolute Gasteiger partial charge is 0.239 e. The molecule has 2 heterocycles. The van der Waals surface area contributed by atoms with E-state index >= 15 is 0 Å². The van der Waals surface area contributed by atoms with Crippen molar-refractivity contribution in [2.75, 3.05) is 31.7 Å². The number of hydrogen-bond acceptors (Lipinski definition) is 3. The molecule has 0 bridgehead atoms. The Bertz CT molecular complexity index is 540. The number of carbonyl (C=O) groups excluding carboxylic acids is 2. The highest BCUT2D eigenvalue weighted by Gasteiger charge is 2.40. The molecule has 2 saturated heterocycles. The fourth-order valence-corrected chi connectivity index (χ4v) is 3.27. The lowest BCUT2D eigenvalue weighted by molar-refractivity contribution is -0.141. The molecule has 5 heteroatoms. The molecule has 22 heavy (non-hydrogen) atoms. The minimum absolute atomic E-state index is 0.0460. The summed E-state index contributed by atoms with van der Waals surface area (Å²) < 4.78 is 5.34. The molecule has 1 atom stereocenters. The quantitative estimate of drug-likeness (QED) is 0.798. The lowest BCUT2D eigenvalue weighted by Gasteiger charge is -2.32. The van der Waals surface area contributed by atoms with Crippen LogP contribution in [0.1, 0.15) is 19.3 Å². The van der Waals surface area contributed by atoms with Gasteiger partial charge in [0.25, 0.3) is 0 Å². The van der Waals surface area contributed by atoms with Crippen LogP contribution in [0.25, 0.3) is 0 Å². The Morgan fingerprint density at radius 2 is 1.86 bits per heavy atom. The topological polar surface area (TPSA) is 49.9 Å². The molecule has 5 nitrogen and oxygen atoms in total. The molecule has 0 unspecified atom stereocenters. The Hall–Kier alpha value is -1.88. The van der Waals surface area contributed by atoms with Gasteiger partial charge in [0.05, 0.1) is 0 Å². The molecule has 3 rings (SSSR count). The average molecular weight is 302 g/mol. The van der Waals surface area contributed by atoms with Gasteiger partial charge in [-0.1, -0.05) is 18.2 Å². The van der Waals surface area contributed by atoms with Gasteiger partial charge >= 0.3 is 0 Å². The highest BCUT2D eigenvalue weighted by atomic mass is 16.5. The summed E-state index contributed by atoms with van der Waals surface area (Å²) in [5.41, 5.74) is 0.872. The summed E-state index contributed by atoms with van der Waals surface area (Å²) >= 11 is 0. The number of benzene rings is 1. The lowest BCUT2D eigenvalue weighted by Crippen LogP contribution is -2.45. The van der Waals surface area contributed by atoms with Crippen LogP contribution < -0.4 is 4.90 Å². The van der Waals surface area contributed by atoms with E-state index in [1.807, 2.05) is 37.4 Å². The number of nitrogens with zero attached hydrogens (tertiary/aromatic N) is 2. The summed E-state index contributed by atoms with van der Waals surface area (Å²) in [6.07, 6.45) is 2.30. The van der Waals surface area contributed by atoms with Gasteiger partial charge < -0.3 is 14.5 Å². The minimum atomic E-state index is -0.534. The van der Waals surface area contributed by atoms with Crippen LogP contribution in [0.3, 0.4) is 0 Å². The van der Waals surface area contributed by atoms with Crippen molar-refractivity contribution in [1.82, 2.24) is 4.90 Å². The molecule has 2 aliphatic heterocycles. The van der Waals surface area contributed by atoms with E-state index in [1.54, 1.807) is 9.80 Å². The molecular weight excluding hydrogens is 280 g/mol. The summed E-state index contributed by atoms with van der Waals surface area (Å²) in [6.45, 7) is 1.99. The molecule has 0 saturated carbocycles. The normalized spacial score (nSPS) is 22.9. The largest absolute Gasteiger partial charge is 0.381 e. The molecule has 1 aromatic rings. The average Bonchev–Trinajstić information content (AvgIpc) is 2.96. The zero-order valence-corrected chi connectivity index (χ0v) is 12.9. The van der Waals surface area contributed by atoms with Crippen molar-refractivity contribution in [3.8, 4) is 0 Å². The van der Waals surface area contributed by atoms with Gasteiger partial charge in [0.1, 0.15) is 5.92 Å². The van der Waals surface area contributed by atoms with Gasteiger partial charge in [0.2, 0.25) is 11.8 Å². The Balaban J connectivity index is 1.68. The van der Waals surface area contributed by atoms with Crippen molar-refractivity contribution >= 4 is 17.5 Å². The highest BCUT2D eigenvalue weighted by Crippen LogP contribution is 2.27. The predicted molar refractivity (Wildman–Crippen MR) is 83.5 cm³/mol. The number of amides is 2. The second-order valence-electron chi connectivity index (χ2n) is 5.96. The number of anilines is 1. The standard InChI is InChI=1S/C17H22N2O3/c1-18(13-8-11-22-12-9-13)16(20)15-7-10-19(17(15)21)14-5-3-2-4-6-14/h2-6,13,15H,7-12H2,1H3/t15-/m1/s1. The van der Waals surface area contributed by atoms with Crippen LogP contribution in [0, 0.1) is 5.92 Å². The van der Waals surface area contributed by atoms with E-state index < -0.39 is 5.92 Å². The SMILES string of the molecule is CN(C(=O)[C@H]1CCN(c2ccccc2)C1=O)C1CCOCC1. The number of para-hydroxylation sites is 1. The van der Waals surface area contributed by atoms with Gasteiger partial charge in [-0.2, -0.15) is 0 Å². The Morgan fingerprint density at radius 3 is 2.55 bits per heavy atom. The Labute approximate surface area is 130 Å². The maximum absolute atomic E-state index is 12.7. The van der Waals surface area contributed by atoms with E-state index in [-0.39, 0.29) is 17.9 Å². The molecular formula is C17H22N2O3. The van der Waals surface area contributed by atoms with E-state index in [0.717, 1.165) is 18.5 Å². The summed E-state index contributed by atoms with van der Waals surface area (Å²) in [7, 11) is 1.82. The number of hydrogen-bond donors (Lipinski definition) is 0. The number of carbonyl (C=O) groups is 2. The monoisotopic (exact) mass is 302 g/mol. The fourth-order valence-electron chi connectivity index (χ4n) is 3.27. The number of rotatable bonds is 3. The first-order valence-electron chi connectivity index (χ1n) is 7.89. The van der Waals surface area contributed by atoms with Crippen molar-refractivity contribution in [3.05, 3.63) is 30.3 Å². The van der Waals surface area contributed by atoms with Gasteiger partial charge in [0.15, 0.2) is 0 Å². The van der Waals surface area contributed by atoms with Crippen LogP contribution in [-0.4, -0.2) is 49.6 Å². The maximum atomic E-state index is 12.7. The van der Waals surface area contributed by atoms with Crippen LogP contribution in [0.4, 0.5) is 5.69 Å². The van der Waals surface area contributed by atoms with Crippen molar-refractivity contribution < 1.29 is 14.3 Å². The lowest BCUT2D eigenvalue weighted by atomic mass is 10.0. The maximum Gasteiger partial charge on any atom is 0.239 e. The third-order valence-electron chi connectivity index (χ3n) is 4.66. The second-order valence-corrected chi connectivity index (χ2v) is 5.96. The Morgan fingerprint density at radius 1 is 1.18 bits per heavy atom. The van der Waals surface area contributed by atoms with Crippen LogP contribution in [0.2, 0.25) is 0 Å². The third-order valence-corrected chi connectivity index (χ3v) is 4.66. The van der Waals surface area contributed by atoms with E-state index in [1.165, 1.54) is 0 Å². The molecule has 0 N–H and O–H groups in total. The molecule has 1 aromatic carbocycles. The minimum Gasteiger partial charge on any atom is -0.381 e. The summed E-state index contributed by atoms with van der Waals surface area (Å²) in [6, 6.07) is 9.75. The molecule has 0 aliphatic carbocycles. The van der Waals surface area contributed by atoms with E-state index in [9.17, 15) is 9.59 Å². The molecule has 0 spiro atoms. The molecule has 118 valence electrons. The van der Waals surface area contributed by atoms with Crippen molar-refractivity contribution in [2.45, 2.75) is 25.3 Å². The summed E-state index contributed by atoms with van der Waals surface area (Å²) in [5, 5.41) is 0. The third kappa shape index (κ3) is 2.86. The van der Waals surface area contributed by atoms with Crippen molar-refractivity contribution in [1.29, 1.82) is 0 Å². The zero-order chi connectivity index (χ0) is 15.5. The summed E-state index contributed by atoms with van der Waals surface area (Å²) in [4.78, 5) is 28.7. The van der Waals surface area contributed by atoms with Crippen LogP contribution >= 0.6 is 0 Å². The van der Waals surface area contributed by atoms with E-state index in [0.29, 0.717) is 26.2 Å². The molecule has 2 amide bonds. The van der Waals surface area contributed by atoms with E-state index in [4.69, 9.17) is 4.74 Å². The van der Waals surface area contributed by atoms with Crippen molar-refractivity contribution in [3.63, 3.8) is 0 Å². The van der Waals surface area contributed by atoms with Crippen LogP contribution in [0.15, 0.2) is 30.3 Å². The molecule has 0 aromatic heterocycles. The highest BCUT2D eigenvalue weighted by molar-refractivity contribution is 6.09. The van der Waals surface area contributed by atoms with E-state index in [2.05, 4.69) is 0 Å². The molecule has 2 aliphatic rings. The van der Waals surface area contributed by atoms with Gasteiger partial charge in [-0.25, -0.2) is 0 Å².